The van der Waals surface area contributed by atoms with Crippen LogP contribution >= 0.6 is 0 Å². The summed E-state index contributed by atoms with van der Waals surface area (Å²) in [7, 11) is 1.83. The Balaban J connectivity index is 1.49. The molecule has 138 valence electrons. The molecule has 25 heavy (non-hydrogen) atoms. The lowest BCUT2D eigenvalue weighted by atomic mass is 9.96. The molecular formula is C20H30N2O3. The van der Waals surface area contributed by atoms with E-state index in [9.17, 15) is 4.79 Å². The van der Waals surface area contributed by atoms with Gasteiger partial charge in [-0.1, -0.05) is 37.1 Å². The molecule has 1 aliphatic heterocycles. The van der Waals surface area contributed by atoms with E-state index < -0.39 is 5.97 Å². The van der Waals surface area contributed by atoms with Gasteiger partial charge in [-0.2, -0.15) is 0 Å². The van der Waals surface area contributed by atoms with Crippen LogP contribution in [0.4, 0.5) is 0 Å². The van der Waals surface area contributed by atoms with Crippen molar-refractivity contribution in [3.05, 3.63) is 35.4 Å². The molecule has 1 aromatic carbocycles. The van der Waals surface area contributed by atoms with E-state index in [1.165, 1.54) is 36.8 Å². The van der Waals surface area contributed by atoms with Gasteiger partial charge in [0.2, 0.25) is 0 Å². The largest absolute Gasteiger partial charge is 0.480 e. The van der Waals surface area contributed by atoms with Gasteiger partial charge in [-0.3, -0.25) is 14.6 Å². The summed E-state index contributed by atoms with van der Waals surface area (Å²) >= 11 is 0. The van der Waals surface area contributed by atoms with Crippen LogP contribution in [-0.4, -0.2) is 66.8 Å². The van der Waals surface area contributed by atoms with E-state index in [-0.39, 0.29) is 12.6 Å². The number of morpholine rings is 1. The highest BCUT2D eigenvalue weighted by molar-refractivity contribution is 5.69. The van der Waals surface area contributed by atoms with Gasteiger partial charge in [-0.05, 0) is 36.9 Å². The Bertz CT molecular complexity index is 555. The van der Waals surface area contributed by atoms with Gasteiger partial charge in [-0.15, -0.1) is 0 Å². The van der Waals surface area contributed by atoms with Gasteiger partial charge in [0, 0.05) is 26.2 Å². The molecule has 0 aromatic heterocycles. The molecule has 5 nitrogen and oxygen atoms in total. The maximum absolute atomic E-state index is 10.8. The van der Waals surface area contributed by atoms with E-state index in [1.807, 2.05) is 11.9 Å². The molecule has 1 saturated carbocycles. The summed E-state index contributed by atoms with van der Waals surface area (Å²) < 4.78 is 5.81. The minimum atomic E-state index is -0.794. The van der Waals surface area contributed by atoms with Crippen molar-refractivity contribution in [1.29, 1.82) is 0 Å². The molecule has 2 aliphatic rings. The Kier molecular flexibility index (Phi) is 6.45. The number of rotatable bonds is 7. The van der Waals surface area contributed by atoms with Crippen LogP contribution in [0.25, 0.3) is 0 Å². The quantitative estimate of drug-likeness (QED) is 0.822. The third-order valence-electron chi connectivity index (χ3n) is 5.36. The third-order valence-corrected chi connectivity index (χ3v) is 5.36. The summed E-state index contributed by atoms with van der Waals surface area (Å²) in [6.45, 7) is 4.16. The Morgan fingerprint density at radius 1 is 1.28 bits per heavy atom. The van der Waals surface area contributed by atoms with Crippen LogP contribution in [-0.2, 0) is 16.1 Å². The van der Waals surface area contributed by atoms with Crippen molar-refractivity contribution in [2.45, 2.75) is 44.2 Å². The monoisotopic (exact) mass is 346 g/mol. The number of nitrogens with zero attached hydrogens (tertiary/aromatic N) is 2. The van der Waals surface area contributed by atoms with Crippen molar-refractivity contribution in [2.75, 3.05) is 39.8 Å². The van der Waals surface area contributed by atoms with Gasteiger partial charge in [0.25, 0.3) is 0 Å². The van der Waals surface area contributed by atoms with Crippen LogP contribution in [0.3, 0.4) is 0 Å². The molecule has 1 aromatic rings. The molecule has 1 saturated heterocycles. The zero-order valence-electron chi connectivity index (χ0n) is 15.2. The molecule has 1 heterocycles. The Morgan fingerprint density at radius 2 is 2.00 bits per heavy atom. The van der Waals surface area contributed by atoms with Crippen LogP contribution in [0.1, 0.15) is 42.7 Å². The number of carboxylic acid groups (broad SMARTS) is 1. The first kappa shape index (κ1) is 18.4. The van der Waals surface area contributed by atoms with Gasteiger partial charge in [0.1, 0.15) is 0 Å². The second-order valence-electron chi connectivity index (χ2n) is 7.54. The number of carbonyl (C=O) groups is 1. The first-order chi connectivity index (χ1) is 12.1. The SMILES string of the molecule is CN(CC(=O)O)CC1CN(Cc2ccc(C3CCCC3)cc2)CCO1. The second-order valence-corrected chi connectivity index (χ2v) is 7.54. The molecule has 1 atom stereocenters. The fourth-order valence-electron chi connectivity index (χ4n) is 4.09. The van der Waals surface area contributed by atoms with E-state index in [0.717, 1.165) is 25.6 Å². The third kappa shape index (κ3) is 5.53. The number of hydrogen-bond donors (Lipinski definition) is 1. The number of ether oxygens (including phenoxy) is 1. The zero-order valence-corrected chi connectivity index (χ0v) is 15.2. The van der Waals surface area contributed by atoms with Crippen molar-refractivity contribution in [1.82, 2.24) is 9.80 Å². The van der Waals surface area contributed by atoms with Gasteiger partial charge >= 0.3 is 5.97 Å². The number of aliphatic carboxylic acids is 1. The maximum atomic E-state index is 10.8. The Morgan fingerprint density at radius 3 is 2.68 bits per heavy atom. The van der Waals surface area contributed by atoms with Crippen LogP contribution in [0.2, 0.25) is 0 Å². The number of likely N-dealkylation sites (N-methyl/N-ethyl adjacent to an activating group) is 1. The average Bonchev–Trinajstić information content (AvgIpc) is 3.09. The molecule has 1 aliphatic carbocycles. The topological polar surface area (TPSA) is 53.0 Å². The van der Waals surface area contributed by atoms with Crippen molar-refractivity contribution in [2.24, 2.45) is 0 Å². The number of hydrogen-bond acceptors (Lipinski definition) is 4. The van der Waals surface area contributed by atoms with Crippen molar-refractivity contribution < 1.29 is 14.6 Å². The van der Waals surface area contributed by atoms with Gasteiger partial charge in [0.05, 0.1) is 19.3 Å². The molecule has 0 spiro atoms. The summed E-state index contributed by atoms with van der Waals surface area (Å²) in [5, 5.41) is 8.87. The second kappa shape index (κ2) is 8.79. The lowest BCUT2D eigenvalue weighted by Crippen LogP contribution is -2.47. The first-order valence-corrected chi connectivity index (χ1v) is 9.43. The summed E-state index contributed by atoms with van der Waals surface area (Å²) in [6, 6.07) is 9.16. The number of benzene rings is 1. The van der Waals surface area contributed by atoms with E-state index in [4.69, 9.17) is 9.84 Å². The van der Waals surface area contributed by atoms with Crippen LogP contribution in [0.5, 0.6) is 0 Å². The van der Waals surface area contributed by atoms with Gasteiger partial charge < -0.3 is 9.84 Å². The molecule has 5 heteroatoms. The van der Waals surface area contributed by atoms with E-state index in [1.54, 1.807) is 0 Å². The minimum Gasteiger partial charge on any atom is -0.480 e. The zero-order chi connectivity index (χ0) is 17.6. The van der Waals surface area contributed by atoms with Gasteiger partial charge in [-0.25, -0.2) is 0 Å². The predicted octanol–water partition coefficient (Wildman–Crippen LogP) is 2.56. The fourth-order valence-corrected chi connectivity index (χ4v) is 4.09. The summed E-state index contributed by atoms with van der Waals surface area (Å²) in [6.07, 6.45) is 5.51. The highest BCUT2D eigenvalue weighted by atomic mass is 16.5. The standard InChI is InChI=1S/C20H30N2O3/c1-21(15-20(23)24)13-19-14-22(10-11-25-19)12-16-6-8-18(9-7-16)17-4-2-3-5-17/h6-9,17,19H,2-5,10-15H2,1H3,(H,23,24). The van der Waals surface area contributed by atoms with Crippen LogP contribution in [0.15, 0.2) is 24.3 Å². The lowest BCUT2D eigenvalue weighted by molar-refractivity contribution is -0.138. The van der Waals surface area contributed by atoms with E-state index in [2.05, 4.69) is 29.2 Å². The molecule has 3 rings (SSSR count). The van der Waals surface area contributed by atoms with E-state index in [0.29, 0.717) is 13.2 Å². The highest BCUT2D eigenvalue weighted by Gasteiger charge is 2.22. The molecule has 2 fully saturated rings. The maximum Gasteiger partial charge on any atom is 0.317 e. The average molecular weight is 346 g/mol. The van der Waals surface area contributed by atoms with Crippen molar-refractivity contribution in [3.63, 3.8) is 0 Å². The Hall–Kier alpha value is -1.43. The fraction of sp³-hybridized carbons (Fsp3) is 0.650. The molecule has 0 amide bonds. The molecule has 0 bridgehead atoms. The minimum absolute atomic E-state index is 0.0580. The molecular weight excluding hydrogens is 316 g/mol. The van der Waals surface area contributed by atoms with E-state index >= 15 is 0 Å². The van der Waals surface area contributed by atoms with Crippen molar-refractivity contribution in [3.8, 4) is 0 Å². The molecule has 1 N–H and O–H groups in total. The normalized spacial score (nSPS) is 22.6. The van der Waals surface area contributed by atoms with Crippen molar-refractivity contribution >= 4 is 5.97 Å². The summed E-state index contributed by atoms with van der Waals surface area (Å²) in [5.74, 6) is -0.0240. The lowest BCUT2D eigenvalue weighted by Gasteiger charge is -2.34. The first-order valence-electron chi connectivity index (χ1n) is 9.43. The Labute approximate surface area is 150 Å². The van der Waals surface area contributed by atoms with Gasteiger partial charge in [0.15, 0.2) is 0 Å². The van der Waals surface area contributed by atoms with Crippen LogP contribution in [0, 0.1) is 0 Å². The summed E-state index contributed by atoms with van der Waals surface area (Å²) in [5.41, 5.74) is 2.85. The molecule has 1 unspecified atom stereocenters. The smallest absolute Gasteiger partial charge is 0.317 e. The highest BCUT2D eigenvalue weighted by Crippen LogP contribution is 2.34. The molecule has 0 radical (unpaired) electrons. The predicted molar refractivity (Wildman–Crippen MR) is 97.8 cm³/mol. The summed E-state index contributed by atoms with van der Waals surface area (Å²) in [4.78, 5) is 15.0. The number of carboxylic acids is 1. The van der Waals surface area contributed by atoms with Crippen LogP contribution < -0.4 is 0 Å².